The summed E-state index contributed by atoms with van der Waals surface area (Å²) in [5, 5.41) is 2.82. The van der Waals surface area contributed by atoms with Crippen LogP contribution >= 0.6 is 15.9 Å². The predicted octanol–water partition coefficient (Wildman–Crippen LogP) is 1.44. The second kappa shape index (κ2) is 3.71. The summed E-state index contributed by atoms with van der Waals surface area (Å²) in [5.74, 6) is 0.0607. The van der Waals surface area contributed by atoms with E-state index in [1.54, 1.807) is 0 Å². The van der Waals surface area contributed by atoms with E-state index in [9.17, 15) is 4.79 Å². The molecular formula is C10H11BrN2O. The van der Waals surface area contributed by atoms with Crippen LogP contribution in [-0.4, -0.2) is 12.5 Å². The van der Waals surface area contributed by atoms with Gasteiger partial charge in [-0.1, -0.05) is 6.07 Å². The molecule has 1 aliphatic heterocycles. The highest BCUT2D eigenvalue weighted by Gasteiger charge is 2.20. The van der Waals surface area contributed by atoms with Crippen LogP contribution in [0, 0.1) is 0 Å². The molecule has 3 N–H and O–H groups in total. The summed E-state index contributed by atoms with van der Waals surface area (Å²) >= 11 is 3.44. The molecule has 0 aromatic heterocycles. The van der Waals surface area contributed by atoms with Crippen LogP contribution in [0.25, 0.3) is 0 Å². The van der Waals surface area contributed by atoms with E-state index in [4.69, 9.17) is 5.73 Å². The first-order valence-electron chi connectivity index (χ1n) is 4.52. The Morgan fingerprint density at radius 1 is 1.50 bits per heavy atom. The molecule has 1 aromatic carbocycles. The van der Waals surface area contributed by atoms with Crippen LogP contribution < -0.4 is 11.1 Å². The van der Waals surface area contributed by atoms with Gasteiger partial charge in [0.1, 0.15) is 0 Å². The van der Waals surface area contributed by atoms with Gasteiger partial charge in [0, 0.05) is 4.47 Å². The van der Waals surface area contributed by atoms with Crippen molar-refractivity contribution in [3.63, 3.8) is 0 Å². The van der Waals surface area contributed by atoms with Gasteiger partial charge in [0.2, 0.25) is 5.91 Å². The second-order valence-electron chi connectivity index (χ2n) is 3.38. The van der Waals surface area contributed by atoms with Gasteiger partial charge in [-0.05, 0) is 46.1 Å². The molecule has 1 heterocycles. The molecule has 0 saturated carbocycles. The van der Waals surface area contributed by atoms with E-state index in [-0.39, 0.29) is 5.91 Å². The molecule has 0 radical (unpaired) electrons. The summed E-state index contributed by atoms with van der Waals surface area (Å²) in [6, 6.07) is 4.06. The molecule has 3 nitrogen and oxygen atoms in total. The molecule has 1 aliphatic rings. The molecule has 0 spiro atoms. The largest absolute Gasteiger partial charge is 0.330 e. The van der Waals surface area contributed by atoms with Crippen LogP contribution in [0.5, 0.6) is 0 Å². The lowest BCUT2D eigenvalue weighted by molar-refractivity contribution is -0.115. The molecular weight excluding hydrogens is 244 g/mol. The van der Waals surface area contributed by atoms with Crippen LogP contribution in [0.2, 0.25) is 0 Å². The average Bonchev–Trinajstić information content (AvgIpc) is 2.47. The zero-order chi connectivity index (χ0) is 10.1. The van der Waals surface area contributed by atoms with Gasteiger partial charge >= 0.3 is 0 Å². The second-order valence-corrected chi connectivity index (χ2v) is 4.23. The molecule has 0 atom stereocenters. The van der Waals surface area contributed by atoms with E-state index in [1.165, 1.54) is 5.56 Å². The third kappa shape index (κ3) is 1.67. The van der Waals surface area contributed by atoms with Gasteiger partial charge in [0.25, 0.3) is 0 Å². The Kier molecular flexibility index (Phi) is 2.56. The lowest BCUT2D eigenvalue weighted by atomic mass is 10.1. The first-order valence-corrected chi connectivity index (χ1v) is 5.31. The Labute approximate surface area is 90.8 Å². The minimum absolute atomic E-state index is 0.0607. The number of nitrogens with two attached hydrogens (primary N) is 1. The maximum absolute atomic E-state index is 11.2. The van der Waals surface area contributed by atoms with E-state index in [1.807, 2.05) is 12.1 Å². The molecule has 14 heavy (non-hydrogen) atoms. The Morgan fingerprint density at radius 3 is 3.00 bits per heavy atom. The van der Waals surface area contributed by atoms with Crippen LogP contribution in [-0.2, 0) is 17.6 Å². The van der Waals surface area contributed by atoms with Gasteiger partial charge in [-0.25, -0.2) is 0 Å². The molecule has 74 valence electrons. The molecule has 0 fully saturated rings. The highest BCUT2D eigenvalue weighted by atomic mass is 79.9. The number of anilines is 1. The first-order chi connectivity index (χ1) is 6.70. The van der Waals surface area contributed by atoms with Gasteiger partial charge < -0.3 is 11.1 Å². The van der Waals surface area contributed by atoms with Crippen LogP contribution in [0.4, 0.5) is 5.69 Å². The zero-order valence-electron chi connectivity index (χ0n) is 7.64. The molecule has 0 aliphatic carbocycles. The highest BCUT2D eigenvalue weighted by molar-refractivity contribution is 9.10. The molecule has 0 saturated heterocycles. The maximum Gasteiger partial charge on any atom is 0.228 e. The molecule has 2 rings (SSSR count). The Hall–Kier alpha value is -0.870. The van der Waals surface area contributed by atoms with E-state index < -0.39 is 0 Å². The number of rotatable bonds is 2. The van der Waals surface area contributed by atoms with Crippen LogP contribution in [0.15, 0.2) is 16.6 Å². The molecule has 4 heteroatoms. The van der Waals surface area contributed by atoms with Crippen LogP contribution in [0.3, 0.4) is 0 Å². The number of carbonyl (C=O) groups excluding carboxylic acids is 1. The number of carbonyl (C=O) groups is 1. The van der Waals surface area contributed by atoms with Crippen molar-refractivity contribution < 1.29 is 4.79 Å². The lowest BCUT2D eigenvalue weighted by Crippen LogP contribution is -2.03. The zero-order valence-corrected chi connectivity index (χ0v) is 9.23. The highest BCUT2D eigenvalue weighted by Crippen LogP contribution is 2.32. The minimum Gasteiger partial charge on any atom is -0.330 e. The molecule has 1 aromatic rings. The fourth-order valence-electron chi connectivity index (χ4n) is 1.67. The third-order valence-electron chi connectivity index (χ3n) is 2.28. The number of nitrogens with one attached hydrogen (secondary N) is 1. The van der Waals surface area contributed by atoms with Crippen molar-refractivity contribution in [2.45, 2.75) is 12.8 Å². The van der Waals surface area contributed by atoms with Crippen molar-refractivity contribution in [1.82, 2.24) is 0 Å². The third-order valence-corrected chi connectivity index (χ3v) is 2.91. The summed E-state index contributed by atoms with van der Waals surface area (Å²) < 4.78 is 0.948. The summed E-state index contributed by atoms with van der Waals surface area (Å²) in [4.78, 5) is 11.2. The monoisotopic (exact) mass is 254 g/mol. The smallest absolute Gasteiger partial charge is 0.228 e. The Bertz CT molecular complexity index is 390. The SMILES string of the molecule is NCCc1cc(Br)c2c(c1)CC(=O)N2. The molecule has 1 amide bonds. The van der Waals surface area contributed by atoms with Crippen molar-refractivity contribution in [1.29, 1.82) is 0 Å². The number of hydrogen-bond donors (Lipinski definition) is 2. The summed E-state index contributed by atoms with van der Waals surface area (Å²) in [6.45, 7) is 0.632. The van der Waals surface area contributed by atoms with Crippen molar-refractivity contribution in [3.8, 4) is 0 Å². The minimum atomic E-state index is 0.0607. The summed E-state index contributed by atoms with van der Waals surface area (Å²) in [5.41, 5.74) is 8.64. The Morgan fingerprint density at radius 2 is 2.29 bits per heavy atom. The Balaban J connectivity index is 2.40. The molecule has 0 unspecified atom stereocenters. The summed E-state index contributed by atoms with van der Waals surface area (Å²) in [6.07, 6.45) is 1.33. The van der Waals surface area contributed by atoms with Gasteiger partial charge in [-0.2, -0.15) is 0 Å². The van der Waals surface area contributed by atoms with E-state index >= 15 is 0 Å². The van der Waals surface area contributed by atoms with Gasteiger partial charge in [-0.15, -0.1) is 0 Å². The van der Waals surface area contributed by atoms with E-state index in [2.05, 4.69) is 21.2 Å². The number of fused-ring (bicyclic) bond motifs is 1. The topological polar surface area (TPSA) is 55.1 Å². The predicted molar refractivity (Wildman–Crippen MR) is 59.2 cm³/mol. The van der Waals surface area contributed by atoms with Gasteiger partial charge in [0.05, 0.1) is 12.1 Å². The fraction of sp³-hybridized carbons (Fsp3) is 0.300. The van der Waals surface area contributed by atoms with Gasteiger partial charge in [0.15, 0.2) is 0 Å². The fourth-order valence-corrected chi connectivity index (χ4v) is 2.32. The summed E-state index contributed by atoms with van der Waals surface area (Å²) in [7, 11) is 0. The quantitative estimate of drug-likeness (QED) is 0.840. The van der Waals surface area contributed by atoms with Gasteiger partial charge in [-0.3, -0.25) is 4.79 Å². The van der Waals surface area contributed by atoms with Crippen molar-refractivity contribution in [3.05, 3.63) is 27.7 Å². The molecule has 0 bridgehead atoms. The van der Waals surface area contributed by atoms with E-state index in [0.29, 0.717) is 13.0 Å². The average molecular weight is 255 g/mol. The lowest BCUT2D eigenvalue weighted by Gasteiger charge is -2.05. The number of benzene rings is 1. The maximum atomic E-state index is 11.2. The van der Waals surface area contributed by atoms with Crippen molar-refractivity contribution in [2.75, 3.05) is 11.9 Å². The first kappa shape index (κ1) is 9.68. The van der Waals surface area contributed by atoms with Crippen molar-refractivity contribution in [2.24, 2.45) is 5.73 Å². The van der Waals surface area contributed by atoms with Crippen LogP contribution in [0.1, 0.15) is 11.1 Å². The van der Waals surface area contributed by atoms with E-state index in [0.717, 1.165) is 22.1 Å². The van der Waals surface area contributed by atoms with Crippen molar-refractivity contribution >= 4 is 27.5 Å². The normalized spacial score (nSPS) is 14.0. The number of hydrogen-bond acceptors (Lipinski definition) is 2. The standard InChI is InChI=1S/C10H11BrN2O/c11-8-4-6(1-2-12)3-7-5-9(14)13-10(7)8/h3-4H,1-2,5,12H2,(H,13,14). The number of amides is 1. The number of halogens is 1.